The van der Waals surface area contributed by atoms with Crippen molar-refractivity contribution < 1.29 is 9.59 Å². The second-order valence-corrected chi connectivity index (χ2v) is 4.51. The topological polar surface area (TPSA) is 76.3 Å². The van der Waals surface area contributed by atoms with E-state index in [0.29, 0.717) is 29.5 Å². The zero-order chi connectivity index (χ0) is 10.8. The number of amides is 1. The molecule has 5 nitrogen and oxygen atoms in total. The third-order valence-corrected chi connectivity index (χ3v) is 3.34. The van der Waals surface area contributed by atoms with Crippen molar-refractivity contribution in [3.05, 3.63) is 11.1 Å². The largest absolute Gasteiger partial charge is 0.330 e. The Labute approximate surface area is 90.9 Å². The maximum Gasteiger partial charge on any atom is 0.229 e. The average molecular weight is 225 g/mol. The molecule has 0 spiro atoms. The molecule has 80 valence electrons. The Balaban J connectivity index is 2.17. The van der Waals surface area contributed by atoms with Crippen LogP contribution in [-0.4, -0.2) is 30.3 Å². The van der Waals surface area contributed by atoms with Crippen molar-refractivity contribution in [2.24, 2.45) is 11.7 Å². The van der Waals surface area contributed by atoms with Crippen LogP contribution in [0.25, 0.3) is 0 Å². The van der Waals surface area contributed by atoms with Crippen molar-refractivity contribution in [3.63, 3.8) is 0 Å². The van der Waals surface area contributed by atoms with E-state index in [9.17, 15) is 9.59 Å². The molecule has 0 radical (unpaired) electrons. The van der Waals surface area contributed by atoms with E-state index in [1.165, 1.54) is 17.5 Å². The van der Waals surface area contributed by atoms with Gasteiger partial charge in [0.1, 0.15) is 0 Å². The van der Waals surface area contributed by atoms with Crippen LogP contribution in [0, 0.1) is 5.92 Å². The molecule has 1 aromatic heterocycles. The Kier molecular flexibility index (Phi) is 2.79. The first-order valence-corrected chi connectivity index (χ1v) is 5.47. The molecule has 0 aliphatic carbocycles. The van der Waals surface area contributed by atoms with Crippen LogP contribution in [0.1, 0.15) is 16.1 Å². The lowest BCUT2D eigenvalue weighted by Crippen LogP contribution is -2.25. The molecule has 1 aliphatic rings. The van der Waals surface area contributed by atoms with Gasteiger partial charge in [0.05, 0.1) is 11.1 Å². The van der Waals surface area contributed by atoms with Gasteiger partial charge in [0.25, 0.3) is 0 Å². The van der Waals surface area contributed by atoms with Crippen LogP contribution in [0.4, 0.5) is 5.13 Å². The molecular formula is C9H11N3O2S. The molecule has 1 fully saturated rings. The van der Waals surface area contributed by atoms with Crippen molar-refractivity contribution in [2.45, 2.75) is 6.42 Å². The fourth-order valence-electron chi connectivity index (χ4n) is 1.58. The SMILES string of the molecule is NCC1CC(=O)N(c2ncc(C=O)s2)C1. The van der Waals surface area contributed by atoms with Crippen LogP contribution in [0.3, 0.4) is 0 Å². The molecule has 15 heavy (non-hydrogen) atoms. The summed E-state index contributed by atoms with van der Waals surface area (Å²) in [7, 11) is 0. The fourth-order valence-corrected chi connectivity index (χ4v) is 2.34. The van der Waals surface area contributed by atoms with Crippen LogP contribution >= 0.6 is 11.3 Å². The lowest BCUT2D eigenvalue weighted by molar-refractivity contribution is -0.117. The Morgan fingerprint density at radius 2 is 2.53 bits per heavy atom. The number of carbonyl (C=O) groups excluding carboxylic acids is 2. The maximum atomic E-state index is 11.6. The van der Waals surface area contributed by atoms with E-state index >= 15 is 0 Å². The first-order chi connectivity index (χ1) is 7.24. The van der Waals surface area contributed by atoms with Crippen LogP contribution in [0.5, 0.6) is 0 Å². The van der Waals surface area contributed by atoms with E-state index in [0.717, 1.165) is 6.29 Å². The highest BCUT2D eigenvalue weighted by molar-refractivity contribution is 7.17. The van der Waals surface area contributed by atoms with Gasteiger partial charge in [-0.15, -0.1) is 0 Å². The molecule has 1 aliphatic heterocycles. The van der Waals surface area contributed by atoms with Crippen molar-refractivity contribution in [2.75, 3.05) is 18.0 Å². The van der Waals surface area contributed by atoms with Gasteiger partial charge in [-0.25, -0.2) is 4.98 Å². The lowest BCUT2D eigenvalue weighted by Gasteiger charge is -2.11. The summed E-state index contributed by atoms with van der Waals surface area (Å²) in [6.07, 6.45) is 2.70. The summed E-state index contributed by atoms with van der Waals surface area (Å²) in [5.41, 5.74) is 5.52. The predicted molar refractivity (Wildman–Crippen MR) is 57.0 cm³/mol. The molecule has 1 unspecified atom stereocenters. The minimum Gasteiger partial charge on any atom is -0.330 e. The molecule has 0 bridgehead atoms. The Hall–Kier alpha value is -1.27. The number of nitrogens with zero attached hydrogens (tertiary/aromatic N) is 2. The van der Waals surface area contributed by atoms with Gasteiger partial charge in [-0.2, -0.15) is 0 Å². The van der Waals surface area contributed by atoms with Crippen LogP contribution < -0.4 is 10.6 Å². The first-order valence-electron chi connectivity index (χ1n) is 4.66. The third-order valence-electron chi connectivity index (χ3n) is 2.40. The molecule has 0 aromatic carbocycles. The Morgan fingerprint density at radius 3 is 3.07 bits per heavy atom. The maximum absolute atomic E-state index is 11.6. The van der Waals surface area contributed by atoms with Gasteiger partial charge in [0.15, 0.2) is 11.4 Å². The molecular weight excluding hydrogens is 214 g/mol. The van der Waals surface area contributed by atoms with Crippen molar-refractivity contribution >= 4 is 28.7 Å². The van der Waals surface area contributed by atoms with E-state index in [4.69, 9.17) is 5.73 Å². The van der Waals surface area contributed by atoms with Gasteiger partial charge < -0.3 is 5.73 Å². The highest BCUT2D eigenvalue weighted by Gasteiger charge is 2.31. The number of hydrogen-bond acceptors (Lipinski definition) is 5. The van der Waals surface area contributed by atoms with Crippen LogP contribution in [-0.2, 0) is 4.79 Å². The normalized spacial score (nSPS) is 21.0. The van der Waals surface area contributed by atoms with Gasteiger partial charge in [-0.05, 0) is 12.5 Å². The third kappa shape index (κ3) is 1.91. The molecule has 2 N–H and O–H groups in total. The molecule has 2 rings (SSSR count). The van der Waals surface area contributed by atoms with E-state index in [1.54, 1.807) is 4.90 Å². The highest BCUT2D eigenvalue weighted by atomic mass is 32.1. The Morgan fingerprint density at radius 1 is 1.73 bits per heavy atom. The van der Waals surface area contributed by atoms with Gasteiger partial charge >= 0.3 is 0 Å². The summed E-state index contributed by atoms with van der Waals surface area (Å²) < 4.78 is 0. The molecule has 6 heteroatoms. The zero-order valence-corrected chi connectivity index (χ0v) is 8.87. The lowest BCUT2D eigenvalue weighted by atomic mass is 10.1. The van der Waals surface area contributed by atoms with E-state index < -0.39 is 0 Å². The first kappa shape index (κ1) is 10.3. The number of aldehydes is 1. The monoisotopic (exact) mass is 225 g/mol. The summed E-state index contributed by atoms with van der Waals surface area (Å²) in [5.74, 6) is 0.248. The summed E-state index contributed by atoms with van der Waals surface area (Å²) in [4.78, 5) is 28.3. The smallest absolute Gasteiger partial charge is 0.229 e. The summed E-state index contributed by atoms with van der Waals surface area (Å²) >= 11 is 1.23. The number of hydrogen-bond donors (Lipinski definition) is 1. The number of aromatic nitrogens is 1. The number of rotatable bonds is 3. The second kappa shape index (κ2) is 4.08. The molecule has 1 aromatic rings. The minimum atomic E-state index is 0.0391. The van der Waals surface area contributed by atoms with Crippen LogP contribution in [0.15, 0.2) is 6.20 Å². The Bertz CT molecular complexity index is 390. The number of carbonyl (C=O) groups is 2. The van der Waals surface area contributed by atoms with Crippen LogP contribution in [0.2, 0.25) is 0 Å². The number of thiazole rings is 1. The number of anilines is 1. The molecule has 2 heterocycles. The zero-order valence-electron chi connectivity index (χ0n) is 8.05. The van der Waals surface area contributed by atoms with E-state index in [-0.39, 0.29) is 11.8 Å². The average Bonchev–Trinajstić information content (AvgIpc) is 2.83. The molecule has 0 saturated carbocycles. The highest BCUT2D eigenvalue weighted by Crippen LogP contribution is 2.27. The van der Waals surface area contributed by atoms with Gasteiger partial charge in [0.2, 0.25) is 5.91 Å². The number of nitrogens with two attached hydrogens (primary N) is 1. The van der Waals surface area contributed by atoms with Gasteiger partial charge in [0, 0.05) is 13.0 Å². The molecule has 1 atom stereocenters. The quantitative estimate of drug-likeness (QED) is 0.749. The predicted octanol–water partition coefficient (Wildman–Crippen LogP) is 0.267. The summed E-state index contributed by atoms with van der Waals surface area (Å²) in [6.45, 7) is 1.12. The van der Waals surface area contributed by atoms with Crippen molar-refractivity contribution in [3.8, 4) is 0 Å². The minimum absolute atomic E-state index is 0.0391. The van der Waals surface area contributed by atoms with E-state index in [1.807, 2.05) is 0 Å². The molecule has 1 saturated heterocycles. The van der Waals surface area contributed by atoms with Crippen molar-refractivity contribution in [1.29, 1.82) is 0 Å². The standard InChI is InChI=1S/C9H11N3O2S/c10-2-6-1-8(14)12(4-6)9-11-3-7(5-13)15-9/h3,5-6H,1-2,4,10H2. The summed E-state index contributed by atoms with van der Waals surface area (Å²) in [6, 6.07) is 0. The van der Waals surface area contributed by atoms with Crippen molar-refractivity contribution in [1.82, 2.24) is 4.98 Å². The summed E-state index contributed by atoms with van der Waals surface area (Å²) in [5, 5.41) is 0.595. The second-order valence-electron chi connectivity index (χ2n) is 3.47. The van der Waals surface area contributed by atoms with Gasteiger partial charge in [-0.3, -0.25) is 14.5 Å². The van der Waals surface area contributed by atoms with E-state index in [2.05, 4.69) is 4.98 Å². The van der Waals surface area contributed by atoms with Gasteiger partial charge in [-0.1, -0.05) is 11.3 Å². The molecule has 1 amide bonds. The fraction of sp³-hybridized carbons (Fsp3) is 0.444.